The summed E-state index contributed by atoms with van der Waals surface area (Å²) >= 11 is 0. The van der Waals surface area contributed by atoms with Crippen LogP contribution in [0.25, 0.3) is 11.2 Å². The molecule has 3 aromatic rings. The summed E-state index contributed by atoms with van der Waals surface area (Å²) in [4.78, 5) is 25.8. The van der Waals surface area contributed by atoms with Crippen molar-refractivity contribution in [2.75, 3.05) is 54.0 Å². The third-order valence-corrected chi connectivity index (χ3v) is 5.64. The second-order valence-electron chi connectivity index (χ2n) is 7.43. The van der Waals surface area contributed by atoms with Crippen molar-refractivity contribution >= 4 is 28.6 Å². The molecule has 4 heterocycles. The van der Waals surface area contributed by atoms with Crippen LogP contribution in [-0.4, -0.2) is 59.2 Å². The van der Waals surface area contributed by atoms with Gasteiger partial charge in [-0.25, -0.2) is 9.97 Å². The Balaban J connectivity index is 1.42. The number of nitrogens with zero attached hydrogens (tertiary/aromatic N) is 7. The van der Waals surface area contributed by atoms with Crippen LogP contribution in [0.2, 0.25) is 0 Å². The normalized spacial score (nSPS) is 17.9. The molecule has 2 saturated heterocycles. The van der Waals surface area contributed by atoms with Crippen molar-refractivity contribution in [3.63, 3.8) is 0 Å². The van der Waals surface area contributed by atoms with Crippen LogP contribution in [0.3, 0.4) is 0 Å². The minimum atomic E-state index is 0.693. The van der Waals surface area contributed by atoms with Gasteiger partial charge in [-0.05, 0) is 31.4 Å². The van der Waals surface area contributed by atoms with Crippen molar-refractivity contribution in [2.24, 2.45) is 0 Å². The average molecular weight is 375 g/mol. The average Bonchev–Trinajstić information content (AvgIpc) is 2.79. The van der Waals surface area contributed by atoms with Crippen LogP contribution in [0.1, 0.15) is 19.3 Å². The van der Waals surface area contributed by atoms with Gasteiger partial charge < -0.3 is 14.7 Å². The molecule has 0 saturated carbocycles. The van der Waals surface area contributed by atoms with Crippen LogP contribution in [-0.2, 0) is 0 Å². The summed E-state index contributed by atoms with van der Waals surface area (Å²) in [7, 11) is 0. The smallest absolute Gasteiger partial charge is 0.229 e. The summed E-state index contributed by atoms with van der Waals surface area (Å²) in [6, 6.07) is 10.6. The lowest BCUT2D eigenvalue weighted by molar-refractivity contribution is 0.573. The summed E-state index contributed by atoms with van der Waals surface area (Å²) in [5.41, 5.74) is 2.79. The van der Waals surface area contributed by atoms with Crippen molar-refractivity contribution in [1.82, 2.24) is 19.9 Å². The number of piperidine rings is 1. The Morgan fingerprint density at radius 3 is 2.14 bits per heavy atom. The van der Waals surface area contributed by atoms with Gasteiger partial charge in [0.05, 0.1) is 0 Å². The summed E-state index contributed by atoms with van der Waals surface area (Å²) in [5, 5.41) is 0. The molecule has 7 heteroatoms. The van der Waals surface area contributed by atoms with E-state index in [2.05, 4.69) is 55.0 Å². The number of piperazine rings is 1. The number of hydrogen-bond acceptors (Lipinski definition) is 7. The van der Waals surface area contributed by atoms with Crippen LogP contribution >= 0.6 is 0 Å². The molecule has 0 radical (unpaired) electrons. The van der Waals surface area contributed by atoms with Gasteiger partial charge in [0, 0.05) is 57.3 Å². The second kappa shape index (κ2) is 7.58. The Morgan fingerprint density at radius 1 is 0.643 bits per heavy atom. The fraction of sp³-hybridized carbons (Fsp3) is 0.429. The van der Waals surface area contributed by atoms with Crippen molar-refractivity contribution in [3.05, 3.63) is 42.7 Å². The largest absolute Gasteiger partial charge is 0.368 e. The highest BCUT2D eigenvalue weighted by molar-refractivity contribution is 5.84. The molecule has 0 amide bonds. The van der Waals surface area contributed by atoms with E-state index in [1.165, 1.54) is 24.9 Å². The van der Waals surface area contributed by atoms with Gasteiger partial charge in [0.1, 0.15) is 0 Å². The molecule has 0 unspecified atom stereocenters. The van der Waals surface area contributed by atoms with E-state index in [1.54, 1.807) is 12.4 Å². The van der Waals surface area contributed by atoms with Gasteiger partial charge in [-0.3, -0.25) is 0 Å². The van der Waals surface area contributed by atoms with Gasteiger partial charge >= 0.3 is 0 Å². The molecule has 144 valence electrons. The molecule has 5 rings (SSSR count). The number of para-hydroxylation sites is 1. The third kappa shape index (κ3) is 3.32. The molecular formula is C21H25N7. The zero-order valence-corrected chi connectivity index (χ0v) is 16.0. The van der Waals surface area contributed by atoms with Crippen LogP contribution < -0.4 is 14.7 Å². The van der Waals surface area contributed by atoms with Crippen LogP contribution in [0.5, 0.6) is 0 Å². The summed E-state index contributed by atoms with van der Waals surface area (Å²) in [6.07, 6.45) is 7.15. The Bertz CT molecular complexity index is 932. The molecule has 2 aliphatic rings. The Morgan fingerprint density at radius 2 is 1.36 bits per heavy atom. The highest BCUT2D eigenvalue weighted by Crippen LogP contribution is 2.27. The molecular weight excluding hydrogens is 350 g/mol. The van der Waals surface area contributed by atoms with Crippen LogP contribution in [0.4, 0.5) is 17.5 Å². The van der Waals surface area contributed by atoms with Crippen molar-refractivity contribution in [1.29, 1.82) is 0 Å². The first-order valence-corrected chi connectivity index (χ1v) is 10.2. The molecule has 28 heavy (non-hydrogen) atoms. The lowest BCUT2D eigenvalue weighted by Gasteiger charge is -2.36. The van der Waals surface area contributed by atoms with Crippen LogP contribution in [0.15, 0.2) is 42.7 Å². The quantitative estimate of drug-likeness (QED) is 0.697. The van der Waals surface area contributed by atoms with E-state index in [0.717, 1.165) is 56.6 Å². The van der Waals surface area contributed by atoms with E-state index in [1.807, 2.05) is 0 Å². The van der Waals surface area contributed by atoms with E-state index in [4.69, 9.17) is 9.97 Å². The van der Waals surface area contributed by atoms with E-state index < -0.39 is 0 Å². The topological polar surface area (TPSA) is 61.3 Å². The highest BCUT2D eigenvalue weighted by atomic mass is 15.3. The van der Waals surface area contributed by atoms with E-state index in [0.29, 0.717) is 5.65 Å². The Hall–Kier alpha value is -2.96. The van der Waals surface area contributed by atoms with E-state index >= 15 is 0 Å². The maximum atomic E-state index is 4.97. The molecule has 0 bridgehead atoms. The van der Waals surface area contributed by atoms with Gasteiger partial charge in [0.15, 0.2) is 17.0 Å². The monoisotopic (exact) mass is 375 g/mol. The molecule has 1 aromatic carbocycles. The predicted octanol–water partition coefficient (Wildman–Crippen LogP) is 2.74. The number of rotatable bonds is 3. The first-order valence-electron chi connectivity index (χ1n) is 10.2. The second-order valence-corrected chi connectivity index (χ2v) is 7.43. The summed E-state index contributed by atoms with van der Waals surface area (Å²) in [5.74, 6) is 1.72. The Labute approximate surface area is 165 Å². The minimum absolute atomic E-state index is 0.693. The lowest BCUT2D eigenvalue weighted by Crippen LogP contribution is -2.47. The van der Waals surface area contributed by atoms with Gasteiger partial charge in [-0.2, -0.15) is 9.97 Å². The lowest BCUT2D eigenvalue weighted by atomic mass is 10.1. The van der Waals surface area contributed by atoms with Gasteiger partial charge in [0.25, 0.3) is 0 Å². The number of anilines is 3. The SMILES string of the molecule is c1ccc(N2CCN(c3nc(N4CCCCC4)c4nccnc4n3)CC2)cc1. The Kier molecular flexibility index (Phi) is 4.64. The zero-order valence-electron chi connectivity index (χ0n) is 16.0. The van der Waals surface area contributed by atoms with Crippen molar-refractivity contribution < 1.29 is 0 Å². The van der Waals surface area contributed by atoms with Gasteiger partial charge in [-0.15, -0.1) is 0 Å². The maximum absolute atomic E-state index is 4.97. The van der Waals surface area contributed by atoms with Gasteiger partial charge in [-0.1, -0.05) is 18.2 Å². The molecule has 0 aliphatic carbocycles. The zero-order chi connectivity index (χ0) is 18.8. The van der Waals surface area contributed by atoms with Gasteiger partial charge in [0.2, 0.25) is 5.95 Å². The predicted molar refractivity (Wildman–Crippen MR) is 112 cm³/mol. The molecule has 2 aromatic heterocycles. The van der Waals surface area contributed by atoms with E-state index in [9.17, 15) is 0 Å². The fourth-order valence-electron chi connectivity index (χ4n) is 4.11. The van der Waals surface area contributed by atoms with Crippen molar-refractivity contribution in [3.8, 4) is 0 Å². The molecule has 0 spiro atoms. The molecule has 0 N–H and O–H groups in total. The van der Waals surface area contributed by atoms with Crippen LogP contribution in [0, 0.1) is 0 Å². The first-order chi connectivity index (χ1) is 13.9. The third-order valence-electron chi connectivity index (χ3n) is 5.64. The highest BCUT2D eigenvalue weighted by Gasteiger charge is 2.23. The molecule has 2 fully saturated rings. The molecule has 2 aliphatic heterocycles. The minimum Gasteiger partial charge on any atom is -0.368 e. The number of benzene rings is 1. The number of hydrogen-bond donors (Lipinski definition) is 0. The number of aromatic nitrogens is 4. The standard InChI is InChI=1S/C21H25N7/c1-3-7-17(8-4-1)26-13-15-28(16-14-26)21-24-19-18(22-9-10-23-19)20(25-21)27-11-5-2-6-12-27/h1,3-4,7-10H,2,5-6,11-16H2. The van der Waals surface area contributed by atoms with Crippen molar-refractivity contribution in [2.45, 2.75) is 19.3 Å². The maximum Gasteiger partial charge on any atom is 0.229 e. The fourth-order valence-corrected chi connectivity index (χ4v) is 4.11. The summed E-state index contributed by atoms with van der Waals surface area (Å²) in [6.45, 7) is 5.80. The summed E-state index contributed by atoms with van der Waals surface area (Å²) < 4.78 is 0. The first kappa shape index (κ1) is 17.2. The van der Waals surface area contributed by atoms with E-state index in [-0.39, 0.29) is 0 Å². The molecule has 7 nitrogen and oxygen atoms in total. The molecule has 0 atom stereocenters. The number of fused-ring (bicyclic) bond motifs is 1.